The Kier molecular flexibility index (Phi) is 2.37. The molecule has 0 aliphatic rings. The molecule has 0 amide bonds. The molecule has 0 aromatic carbocycles. The molecule has 0 saturated carbocycles. The summed E-state index contributed by atoms with van der Waals surface area (Å²) in [5, 5.41) is 8.92. The minimum absolute atomic E-state index is 0.677. The standard InChI is InChI=1S/C5H12FNO/c1-5(2,8)4(7)3-6/h4,8H,3,7H2,1-2H3. The number of halogens is 1. The zero-order chi connectivity index (χ0) is 6.78. The molecule has 0 aliphatic heterocycles. The van der Waals surface area contributed by atoms with Crippen LogP contribution in [0.5, 0.6) is 0 Å². The molecule has 1 unspecified atom stereocenters. The Morgan fingerprint density at radius 1 is 1.75 bits per heavy atom. The predicted octanol–water partition coefficient (Wildman–Crippen LogP) is 0.0541. The van der Waals surface area contributed by atoms with E-state index in [0.717, 1.165) is 0 Å². The minimum Gasteiger partial charge on any atom is -0.389 e. The van der Waals surface area contributed by atoms with Crippen LogP contribution in [-0.2, 0) is 0 Å². The van der Waals surface area contributed by atoms with Crippen molar-refractivity contribution in [2.45, 2.75) is 25.5 Å². The number of rotatable bonds is 2. The maximum atomic E-state index is 11.6. The molecule has 0 fully saturated rings. The summed E-state index contributed by atoms with van der Waals surface area (Å²) >= 11 is 0. The summed E-state index contributed by atoms with van der Waals surface area (Å²) in [6.45, 7) is 2.29. The molecule has 0 saturated heterocycles. The first kappa shape index (κ1) is 7.85. The first-order valence-electron chi connectivity index (χ1n) is 2.52. The highest BCUT2D eigenvalue weighted by atomic mass is 19.1. The van der Waals surface area contributed by atoms with Gasteiger partial charge in [0.05, 0.1) is 11.6 Å². The maximum Gasteiger partial charge on any atom is 0.107 e. The van der Waals surface area contributed by atoms with E-state index in [1.807, 2.05) is 0 Å². The monoisotopic (exact) mass is 121 g/mol. The molecule has 0 spiro atoms. The van der Waals surface area contributed by atoms with Gasteiger partial charge in [-0.05, 0) is 13.8 Å². The lowest BCUT2D eigenvalue weighted by Gasteiger charge is -2.22. The number of aliphatic hydroxyl groups is 1. The molecule has 50 valence electrons. The van der Waals surface area contributed by atoms with Crippen LogP contribution in [0, 0.1) is 0 Å². The van der Waals surface area contributed by atoms with Crippen LogP contribution in [0.3, 0.4) is 0 Å². The van der Waals surface area contributed by atoms with Crippen LogP contribution in [0.4, 0.5) is 4.39 Å². The Morgan fingerprint density at radius 2 is 2.12 bits per heavy atom. The van der Waals surface area contributed by atoms with Crippen LogP contribution in [-0.4, -0.2) is 23.4 Å². The van der Waals surface area contributed by atoms with E-state index in [4.69, 9.17) is 10.8 Å². The van der Waals surface area contributed by atoms with Crippen molar-refractivity contribution >= 4 is 0 Å². The van der Waals surface area contributed by atoms with Crippen LogP contribution >= 0.6 is 0 Å². The molecule has 3 N–H and O–H groups in total. The topological polar surface area (TPSA) is 46.2 Å². The van der Waals surface area contributed by atoms with Crippen molar-refractivity contribution in [3.8, 4) is 0 Å². The molecule has 3 heteroatoms. The van der Waals surface area contributed by atoms with E-state index < -0.39 is 18.3 Å². The third-order valence-electron chi connectivity index (χ3n) is 1.07. The zero-order valence-corrected chi connectivity index (χ0v) is 5.19. The van der Waals surface area contributed by atoms with Crippen LogP contribution in [0.2, 0.25) is 0 Å². The highest BCUT2D eigenvalue weighted by molar-refractivity contribution is 4.79. The van der Waals surface area contributed by atoms with Crippen molar-refractivity contribution in [2.24, 2.45) is 5.73 Å². The predicted molar refractivity (Wildman–Crippen MR) is 30.2 cm³/mol. The average Bonchev–Trinajstić information content (AvgIpc) is 1.62. The van der Waals surface area contributed by atoms with Crippen molar-refractivity contribution in [2.75, 3.05) is 6.67 Å². The summed E-state index contributed by atoms with van der Waals surface area (Å²) in [6.07, 6.45) is 0. The molecule has 0 aromatic rings. The summed E-state index contributed by atoms with van der Waals surface area (Å²) in [5.41, 5.74) is 4.04. The van der Waals surface area contributed by atoms with E-state index in [-0.39, 0.29) is 0 Å². The fourth-order valence-corrected chi connectivity index (χ4v) is 0.189. The molecular weight excluding hydrogens is 109 g/mol. The lowest BCUT2D eigenvalue weighted by molar-refractivity contribution is 0.0433. The first-order valence-corrected chi connectivity index (χ1v) is 2.52. The van der Waals surface area contributed by atoms with Crippen LogP contribution < -0.4 is 5.73 Å². The third kappa shape index (κ3) is 2.23. The fraction of sp³-hybridized carbons (Fsp3) is 1.00. The van der Waals surface area contributed by atoms with Gasteiger partial charge in [0.15, 0.2) is 0 Å². The van der Waals surface area contributed by atoms with Crippen LogP contribution in [0.15, 0.2) is 0 Å². The molecule has 0 rings (SSSR count). The smallest absolute Gasteiger partial charge is 0.107 e. The van der Waals surface area contributed by atoms with E-state index in [9.17, 15) is 4.39 Å². The zero-order valence-electron chi connectivity index (χ0n) is 5.19. The Bertz CT molecular complexity index is 69.3. The van der Waals surface area contributed by atoms with Gasteiger partial charge in [-0.15, -0.1) is 0 Å². The minimum atomic E-state index is -1.09. The summed E-state index contributed by atoms with van der Waals surface area (Å²) in [5.74, 6) is 0. The van der Waals surface area contributed by atoms with E-state index >= 15 is 0 Å². The van der Waals surface area contributed by atoms with Gasteiger partial charge in [-0.1, -0.05) is 0 Å². The number of hydrogen-bond acceptors (Lipinski definition) is 2. The summed E-state index contributed by atoms with van der Waals surface area (Å²) < 4.78 is 11.6. The largest absolute Gasteiger partial charge is 0.389 e. The first-order chi connectivity index (χ1) is 3.48. The second-order valence-electron chi connectivity index (χ2n) is 2.41. The van der Waals surface area contributed by atoms with Gasteiger partial charge >= 0.3 is 0 Å². The van der Waals surface area contributed by atoms with E-state index in [0.29, 0.717) is 0 Å². The van der Waals surface area contributed by atoms with Gasteiger partial charge in [0.2, 0.25) is 0 Å². The van der Waals surface area contributed by atoms with E-state index in [2.05, 4.69) is 0 Å². The summed E-state index contributed by atoms with van der Waals surface area (Å²) in [7, 11) is 0. The highest BCUT2D eigenvalue weighted by Gasteiger charge is 2.21. The number of alkyl halides is 1. The van der Waals surface area contributed by atoms with Crippen molar-refractivity contribution in [1.29, 1.82) is 0 Å². The van der Waals surface area contributed by atoms with Crippen molar-refractivity contribution < 1.29 is 9.50 Å². The van der Waals surface area contributed by atoms with Gasteiger partial charge in [-0.3, -0.25) is 0 Å². The molecule has 1 atom stereocenters. The second kappa shape index (κ2) is 2.42. The SMILES string of the molecule is CC(C)(O)C(N)CF. The highest BCUT2D eigenvalue weighted by Crippen LogP contribution is 2.05. The molecule has 0 heterocycles. The van der Waals surface area contributed by atoms with E-state index in [1.54, 1.807) is 0 Å². The normalized spacial score (nSPS) is 16.1. The summed E-state index contributed by atoms with van der Waals surface area (Å²) in [4.78, 5) is 0. The fourth-order valence-electron chi connectivity index (χ4n) is 0.189. The molecule has 0 radical (unpaired) electrons. The number of nitrogens with two attached hydrogens (primary N) is 1. The Balaban J connectivity index is 3.62. The summed E-state index contributed by atoms with van der Waals surface area (Å²) in [6, 6.07) is -0.762. The van der Waals surface area contributed by atoms with Crippen LogP contribution in [0.25, 0.3) is 0 Å². The van der Waals surface area contributed by atoms with Gasteiger partial charge in [0, 0.05) is 0 Å². The molecular formula is C5H12FNO. The Hall–Kier alpha value is -0.150. The average molecular weight is 121 g/mol. The quantitative estimate of drug-likeness (QED) is 0.542. The van der Waals surface area contributed by atoms with Crippen molar-refractivity contribution in [3.05, 3.63) is 0 Å². The maximum absolute atomic E-state index is 11.6. The van der Waals surface area contributed by atoms with Crippen molar-refractivity contribution in [1.82, 2.24) is 0 Å². The van der Waals surface area contributed by atoms with Crippen molar-refractivity contribution in [3.63, 3.8) is 0 Å². The Labute approximate surface area is 48.5 Å². The molecule has 0 aliphatic carbocycles. The molecule has 0 aromatic heterocycles. The van der Waals surface area contributed by atoms with Gasteiger partial charge in [-0.2, -0.15) is 0 Å². The van der Waals surface area contributed by atoms with Gasteiger partial charge in [0.25, 0.3) is 0 Å². The van der Waals surface area contributed by atoms with Crippen LogP contribution in [0.1, 0.15) is 13.8 Å². The second-order valence-corrected chi connectivity index (χ2v) is 2.41. The number of hydrogen-bond donors (Lipinski definition) is 2. The molecule has 0 bridgehead atoms. The third-order valence-corrected chi connectivity index (χ3v) is 1.07. The van der Waals surface area contributed by atoms with Gasteiger partial charge < -0.3 is 10.8 Å². The Morgan fingerprint density at radius 3 is 2.12 bits per heavy atom. The lowest BCUT2D eigenvalue weighted by Crippen LogP contribution is -2.44. The molecule has 2 nitrogen and oxygen atoms in total. The van der Waals surface area contributed by atoms with E-state index in [1.165, 1.54) is 13.8 Å². The lowest BCUT2D eigenvalue weighted by atomic mass is 10.0. The molecule has 8 heavy (non-hydrogen) atoms. The van der Waals surface area contributed by atoms with Gasteiger partial charge in [0.1, 0.15) is 6.67 Å². The van der Waals surface area contributed by atoms with Gasteiger partial charge in [-0.25, -0.2) is 4.39 Å².